The van der Waals surface area contributed by atoms with E-state index in [0.717, 1.165) is 55.0 Å². The summed E-state index contributed by atoms with van der Waals surface area (Å²) >= 11 is 0. The minimum Gasteiger partial charge on any atom is -0.482 e. The molecule has 0 aliphatic heterocycles. The normalized spacial score (nSPS) is 20.6. The maximum Gasteiger partial charge on any atom is 0.344 e. The topological polar surface area (TPSA) is 94.8 Å². The highest BCUT2D eigenvalue weighted by molar-refractivity contribution is 5.83. The number of nitrogens with one attached hydrogen (secondary N) is 1. The number of rotatable bonds is 6. The Morgan fingerprint density at radius 1 is 1.10 bits per heavy atom. The lowest BCUT2D eigenvalue weighted by Crippen LogP contribution is -2.43. The smallest absolute Gasteiger partial charge is 0.344 e. The minimum atomic E-state index is -0.627. The van der Waals surface area contributed by atoms with E-state index in [-0.39, 0.29) is 30.8 Å². The molecule has 30 heavy (non-hydrogen) atoms. The number of amides is 1. The molecule has 2 aliphatic rings. The molecule has 160 valence electrons. The van der Waals surface area contributed by atoms with E-state index in [1.165, 1.54) is 6.42 Å². The Kier molecular flexibility index (Phi) is 6.06. The number of fused-ring (bicyclic) bond motifs is 3. The Morgan fingerprint density at radius 3 is 2.73 bits per heavy atom. The van der Waals surface area contributed by atoms with E-state index in [4.69, 9.17) is 13.9 Å². The summed E-state index contributed by atoms with van der Waals surface area (Å²) in [5.41, 5.74) is 1.96. The largest absolute Gasteiger partial charge is 0.482 e. The van der Waals surface area contributed by atoms with E-state index >= 15 is 0 Å². The predicted octanol–water partition coefficient (Wildman–Crippen LogP) is 2.90. The van der Waals surface area contributed by atoms with Crippen LogP contribution in [-0.4, -0.2) is 31.1 Å². The third-order valence-corrected chi connectivity index (χ3v) is 6.12. The molecular weight excluding hydrogens is 386 g/mol. The van der Waals surface area contributed by atoms with Gasteiger partial charge in [-0.15, -0.1) is 0 Å². The molecule has 4 rings (SSSR count). The van der Waals surface area contributed by atoms with Gasteiger partial charge < -0.3 is 19.2 Å². The van der Waals surface area contributed by atoms with Gasteiger partial charge in [-0.1, -0.05) is 19.8 Å². The van der Waals surface area contributed by atoms with Gasteiger partial charge in [-0.2, -0.15) is 0 Å². The average Bonchev–Trinajstić information content (AvgIpc) is 3.23. The quantitative estimate of drug-likeness (QED) is 0.578. The van der Waals surface area contributed by atoms with E-state index in [2.05, 4.69) is 12.2 Å². The van der Waals surface area contributed by atoms with Crippen LogP contribution >= 0.6 is 0 Å². The van der Waals surface area contributed by atoms with E-state index in [1.807, 2.05) is 6.07 Å². The van der Waals surface area contributed by atoms with Gasteiger partial charge in [0.25, 0.3) is 5.91 Å². The number of ether oxygens (including phenoxy) is 2. The van der Waals surface area contributed by atoms with E-state index in [9.17, 15) is 14.4 Å². The SMILES string of the molecule is C[C@@H]1CCCC[C@H]1NC(=O)COC(=O)COc1ccc2c3c(c(=O)oc2c1)CCC3. The fourth-order valence-electron chi connectivity index (χ4n) is 4.46. The Morgan fingerprint density at radius 2 is 1.90 bits per heavy atom. The van der Waals surface area contributed by atoms with Crippen molar-refractivity contribution in [2.24, 2.45) is 5.92 Å². The van der Waals surface area contributed by atoms with Gasteiger partial charge in [0.1, 0.15) is 11.3 Å². The molecule has 1 saturated carbocycles. The Bertz CT molecular complexity index is 1010. The monoisotopic (exact) mass is 413 g/mol. The van der Waals surface area contributed by atoms with Gasteiger partial charge in [0.05, 0.1) is 0 Å². The summed E-state index contributed by atoms with van der Waals surface area (Å²) in [4.78, 5) is 36.1. The molecule has 1 N–H and O–H groups in total. The minimum absolute atomic E-state index is 0.148. The third-order valence-electron chi connectivity index (χ3n) is 6.12. The van der Waals surface area contributed by atoms with Crippen molar-refractivity contribution < 1.29 is 23.5 Å². The number of hydrogen-bond donors (Lipinski definition) is 1. The molecule has 0 unspecified atom stereocenters. The van der Waals surface area contributed by atoms with Crippen molar-refractivity contribution >= 4 is 22.8 Å². The number of carbonyl (C=O) groups is 2. The van der Waals surface area contributed by atoms with Crippen molar-refractivity contribution in [1.82, 2.24) is 5.32 Å². The summed E-state index contributed by atoms with van der Waals surface area (Å²) in [6.07, 6.45) is 6.95. The highest BCUT2D eigenvalue weighted by Gasteiger charge is 2.23. The van der Waals surface area contributed by atoms with Gasteiger partial charge in [0.15, 0.2) is 13.2 Å². The zero-order valence-corrected chi connectivity index (χ0v) is 17.2. The second-order valence-electron chi connectivity index (χ2n) is 8.24. The van der Waals surface area contributed by atoms with Gasteiger partial charge in [-0.25, -0.2) is 9.59 Å². The molecule has 7 nitrogen and oxygen atoms in total. The highest BCUT2D eigenvalue weighted by Crippen LogP contribution is 2.29. The van der Waals surface area contributed by atoms with Crippen LogP contribution in [0.5, 0.6) is 5.75 Å². The molecule has 0 bridgehead atoms. The molecule has 1 aromatic heterocycles. The number of benzene rings is 1. The van der Waals surface area contributed by atoms with Crippen molar-refractivity contribution in [1.29, 1.82) is 0 Å². The molecule has 0 spiro atoms. The van der Waals surface area contributed by atoms with Crippen LogP contribution in [0.25, 0.3) is 11.0 Å². The zero-order chi connectivity index (χ0) is 21.1. The Balaban J connectivity index is 1.28. The first kappa shape index (κ1) is 20.4. The summed E-state index contributed by atoms with van der Waals surface area (Å²) in [6, 6.07) is 5.35. The van der Waals surface area contributed by atoms with Gasteiger partial charge in [-0.05, 0) is 55.7 Å². The van der Waals surface area contributed by atoms with Crippen molar-refractivity contribution in [2.75, 3.05) is 13.2 Å². The first-order valence-electron chi connectivity index (χ1n) is 10.7. The molecule has 0 saturated heterocycles. The summed E-state index contributed by atoms with van der Waals surface area (Å²) in [6.45, 7) is 1.49. The van der Waals surface area contributed by atoms with E-state index in [0.29, 0.717) is 17.3 Å². The van der Waals surface area contributed by atoms with Gasteiger partial charge in [0, 0.05) is 23.1 Å². The molecular formula is C23H27NO6. The summed E-state index contributed by atoms with van der Waals surface area (Å²) in [5.74, 6) is -0.0715. The van der Waals surface area contributed by atoms with Crippen molar-refractivity contribution in [3.05, 3.63) is 39.7 Å². The molecule has 0 radical (unpaired) electrons. The van der Waals surface area contributed by atoms with Crippen LogP contribution in [-0.2, 0) is 27.2 Å². The Hall–Kier alpha value is -2.83. The number of aryl methyl sites for hydroxylation is 1. The fraction of sp³-hybridized carbons (Fsp3) is 0.522. The number of esters is 1. The molecule has 1 fully saturated rings. The lowest BCUT2D eigenvalue weighted by molar-refractivity contribution is -0.150. The standard InChI is InChI=1S/C23H27NO6/c1-14-5-2-3-8-19(14)24-21(25)12-29-22(26)13-28-15-9-10-17-16-6-4-7-18(16)23(27)30-20(17)11-15/h9-11,14,19H,2-8,12-13H2,1H3,(H,24,25)/t14-,19-/m1/s1. The summed E-state index contributed by atoms with van der Waals surface area (Å²) < 4.78 is 15.9. The predicted molar refractivity (Wildman–Crippen MR) is 111 cm³/mol. The second kappa shape index (κ2) is 8.90. The lowest BCUT2D eigenvalue weighted by Gasteiger charge is -2.29. The van der Waals surface area contributed by atoms with Crippen LogP contribution in [0.1, 0.15) is 50.2 Å². The summed E-state index contributed by atoms with van der Waals surface area (Å²) in [5, 5.41) is 3.85. The zero-order valence-electron chi connectivity index (χ0n) is 17.2. The molecule has 2 aliphatic carbocycles. The molecule has 2 atom stereocenters. The molecule has 1 amide bonds. The summed E-state index contributed by atoms with van der Waals surface area (Å²) in [7, 11) is 0. The highest BCUT2D eigenvalue weighted by atomic mass is 16.6. The van der Waals surface area contributed by atoms with Crippen LogP contribution < -0.4 is 15.7 Å². The van der Waals surface area contributed by atoms with Crippen LogP contribution in [0.15, 0.2) is 27.4 Å². The van der Waals surface area contributed by atoms with Gasteiger partial charge in [-0.3, -0.25) is 4.79 Å². The number of hydrogen-bond acceptors (Lipinski definition) is 6. The fourth-order valence-corrected chi connectivity index (χ4v) is 4.46. The van der Waals surface area contributed by atoms with Gasteiger partial charge >= 0.3 is 11.6 Å². The van der Waals surface area contributed by atoms with E-state index < -0.39 is 5.97 Å². The van der Waals surface area contributed by atoms with Crippen LogP contribution in [0, 0.1) is 5.92 Å². The van der Waals surface area contributed by atoms with Crippen molar-refractivity contribution in [3.8, 4) is 5.75 Å². The van der Waals surface area contributed by atoms with Crippen molar-refractivity contribution in [3.63, 3.8) is 0 Å². The maximum atomic E-state index is 12.1. The molecule has 7 heteroatoms. The molecule has 2 aromatic rings. The van der Waals surface area contributed by atoms with E-state index in [1.54, 1.807) is 12.1 Å². The van der Waals surface area contributed by atoms with Crippen LogP contribution in [0.3, 0.4) is 0 Å². The first-order valence-corrected chi connectivity index (χ1v) is 10.7. The second-order valence-corrected chi connectivity index (χ2v) is 8.24. The van der Waals surface area contributed by atoms with Crippen LogP contribution in [0.4, 0.5) is 0 Å². The molecule has 1 heterocycles. The third kappa shape index (κ3) is 4.50. The molecule has 1 aromatic carbocycles. The average molecular weight is 413 g/mol. The number of carbonyl (C=O) groups excluding carboxylic acids is 2. The Labute approximate surface area is 174 Å². The van der Waals surface area contributed by atoms with Crippen molar-refractivity contribution in [2.45, 2.75) is 57.9 Å². The lowest BCUT2D eigenvalue weighted by atomic mass is 9.86. The van der Waals surface area contributed by atoms with Crippen LogP contribution in [0.2, 0.25) is 0 Å². The van der Waals surface area contributed by atoms with Gasteiger partial charge in [0.2, 0.25) is 0 Å². The first-order chi connectivity index (χ1) is 14.5. The maximum absolute atomic E-state index is 12.1.